The van der Waals surface area contributed by atoms with E-state index in [0.717, 1.165) is 12.8 Å². The fourth-order valence-corrected chi connectivity index (χ4v) is 3.40. The van der Waals surface area contributed by atoms with Crippen molar-refractivity contribution in [1.29, 1.82) is 0 Å². The molecule has 19 heavy (non-hydrogen) atoms. The third-order valence-corrected chi connectivity index (χ3v) is 4.41. The van der Waals surface area contributed by atoms with E-state index in [9.17, 15) is 9.59 Å². The highest BCUT2D eigenvalue weighted by Crippen LogP contribution is 2.31. The van der Waals surface area contributed by atoms with E-state index < -0.39 is 0 Å². The van der Waals surface area contributed by atoms with E-state index in [-0.39, 0.29) is 30.1 Å². The summed E-state index contributed by atoms with van der Waals surface area (Å²) in [5.74, 6) is 0.0146. The molecule has 8 heteroatoms. The van der Waals surface area contributed by atoms with Crippen LogP contribution in [0, 0.1) is 0 Å². The van der Waals surface area contributed by atoms with Crippen LogP contribution in [0.15, 0.2) is 0 Å². The third-order valence-electron chi connectivity index (χ3n) is 4.23. The van der Waals surface area contributed by atoms with Gasteiger partial charge in [0, 0.05) is 38.6 Å². The number of hydrogen-bond acceptors (Lipinski definition) is 5. The Hall–Kier alpha value is -0.990. The van der Waals surface area contributed by atoms with Crippen LogP contribution in [0.3, 0.4) is 0 Å². The summed E-state index contributed by atoms with van der Waals surface area (Å²) < 4.78 is 4.80. The lowest BCUT2D eigenvalue weighted by atomic mass is 10.00. The molecule has 0 unspecified atom stereocenters. The minimum atomic E-state index is -0.373. The van der Waals surface area contributed by atoms with E-state index in [4.69, 9.17) is 10.0 Å². The zero-order chi connectivity index (χ0) is 13.6. The van der Waals surface area contributed by atoms with Gasteiger partial charge in [-0.2, -0.15) is 5.06 Å². The fraction of sp³-hybridized carbons (Fsp3) is 0.818. The van der Waals surface area contributed by atoms with Crippen LogP contribution in [-0.2, 0) is 9.08 Å². The lowest BCUT2D eigenvalue weighted by molar-refractivity contribution is -0.135. The number of nitrogens with two attached hydrogens (primary N) is 1. The Morgan fingerprint density at radius 1 is 1.32 bits per heavy atom. The zero-order valence-electron chi connectivity index (χ0n) is 10.6. The molecule has 2 N–H and O–H groups in total. The molecule has 0 aliphatic carbocycles. The highest BCUT2D eigenvalue weighted by Gasteiger charge is 2.49. The number of thiol groups is 1. The number of urea groups is 1. The van der Waals surface area contributed by atoms with Gasteiger partial charge in [0.2, 0.25) is 5.91 Å². The second-order valence-corrected chi connectivity index (χ2v) is 5.59. The fourth-order valence-electron chi connectivity index (χ4n) is 3.19. The van der Waals surface area contributed by atoms with Crippen molar-refractivity contribution >= 4 is 24.8 Å². The van der Waals surface area contributed by atoms with Gasteiger partial charge in [-0.3, -0.25) is 4.79 Å². The van der Waals surface area contributed by atoms with Crippen molar-refractivity contribution in [3.63, 3.8) is 0 Å². The standard InChI is InChI=1S/C11H18N4O3S/c12-7-3-4-13(5-7)10(16)9-2-1-8-6-14(9)11(17)15(8)18-19/h7-9,19H,1-6,12H2/t7-,8-,9+/m1/s1. The van der Waals surface area contributed by atoms with Crippen molar-refractivity contribution in [3.05, 3.63) is 0 Å². The molecule has 3 atom stereocenters. The summed E-state index contributed by atoms with van der Waals surface area (Å²) in [6, 6.07) is -0.566. The van der Waals surface area contributed by atoms with Crippen molar-refractivity contribution in [2.24, 2.45) is 5.73 Å². The summed E-state index contributed by atoms with van der Waals surface area (Å²) in [6.07, 6.45) is 2.27. The first-order valence-corrected chi connectivity index (χ1v) is 6.94. The predicted molar refractivity (Wildman–Crippen MR) is 70.0 cm³/mol. The molecule has 106 valence electrons. The largest absolute Gasteiger partial charge is 0.345 e. The number of rotatable bonds is 2. The Morgan fingerprint density at radius 3 is 2.74 bits per heavy atom. The summed E-state index contributed by atoms with van der Waals surface area (Å²) >= 11 is 3.70. The summed E-state index contributed by atoms with van der Waals surface area (Å²) in [6.45, 7) is 1.82. The van der Waals surface area contributed by atoms with Crippen molar-refractivity contribution in [2.75, 3.05) is 19.6 Å². The van der Waals surface area contributed by atoms with Crippen LogP contribution in [-0.4, -0.2) is 64.6 Å². The van der Waals surface area contributed by atoms with Gasteiger partial charge in [0.05, 0.1) is 6.04 Å². The van der Waals surface area contributed by atoms with E-state index in [1.54, 1.807) is 9.80 Å². The zero-order valence-corrected chi connectivity index (χ0v) is 11.5. The highest BCUT2D eigenvalue weighted by atomic mass is 32.1. The van der Waals surface area contributed by atoms with Crippen LogP contribution >= 0.6 is 12.9 Å². The molecule has 0 saturated carbocycles. The van der Waals surface area contributed by atoms with Gasteiger partial charge in [0.15, 0.2) is 0 Å². The average Bonchev–Trinajstić information content (AvgIpc) is 2.93. The number of carbonyl (C=O) groups excluding carboxylic acids is 2. The van der Waals surface area contributed by atoms with Gasteiger partial charge in [-0.05, 0) is 19.3 Å². The number of fused-ring (bicyclic) bond motifs is 2. The van der Waals surface area contributed by atoms with Crippen LogP contribution < -0.4 is 5.73 Å². The van der Waals surface area contributed by atoms with Crippen LogP contribution in [0.25, 0.3) is 0 Å². The maximum Gasteiger partial charge on any atom is 0.345 e. The quantitative estimate of drug-likeness (QED) is 0.534. The molecule has 2 bridgehead atoms. The minimum absolute atomic E-state index is 0.00915. The van der Waals surface area contributed by atoms with Gasteiger partial charge in [-0.1, -0.05) is 0 Å². The second-order valence-electron chi connectivity index (χ2n) is 5.42. The number of likely N-dealkylation sites (tertiary alicyclic amines) is 1. The number of hydroxylamine groups is 2. The van der Waals surface area contributed by atoms with Gasteiger partial charge >= 0.3 is 6.03 Å². The maximum absolute atomic E-state index is 12.5. The predicted octanol–water partition coefficient (Wildman–Crippen LogP) is -0.409. The Labute approximate surface area is 117 Å². The first-order chi connectivity index (χ1) is 9.11. The van der Waals surface area contributed by atoms with Crippen LogP contribution in [0.1, 0.15) is 19.3 Å². The molecule has 0 aromatic carbocycles. The summed E-state index contributed by atoms with van der Waals surface area (Å²) in [7, 11) is 0. The molecular weight excluding hydrogens is 268 g/mol. The van der Waals surface area contributed by atoms with Gasteiger partial charge < -0.3 is 15.5 Å². The average molecular weight is 286 g/mol. The lowest BCUT2D eigenvalue weighted by Crippen LogP contribution is -2.51. The molecule has 0 aromatic heterocycles. The normalized spacial score (nSPS) is 34.3. The molecule has 3 amide bonds. The molecule has 0 aromatic rings. The van der Waals surface area contributed by atoms with Crippen LogP contribution in [0.2, 0.25) is 0 Å². The Bertz CT molecular complexity index is 407. The van der Waals surface area contributed by atoms with Crippen molar-refractivity contribution in [3.8, 4) is 0 Å². The lowest BCUT2D eigenvalue weighted by Gasteiger charge is -2.32. The molecule has 3 aliphatic rings. The monoisotopic (exact) mass is 286 g/mol. The molecular formula is C11H18N4O3S. The highest BCUT2D eigenvalue weighted by molar-refractivity contribution is 7.75. The number of piperidine rings is 1. The van der Waals surface area contributed by atoms with Crippen LogP contribution in [0.5, 0.6) is 0 Å². The first kappa shape index (κ1) is 13.0. The third kappa shape index (κ3) is 2.07. The smallest absolute Gasteiger partial charge is 0.339 e. The maximum atomic E-state index is 12.5. The Balaban J connectivity index is 1.72. The van der Waals surface area contributed by atoms with Crippen molar-refractivity contribution in [2.45, 2.75) is 37.4 Å². The summed E-state index contributed by atoms with van der Waals surface area (Å²) in [5, 5.41) is 1.26. The Morgan fingerprint density at radius 2 is 2.11 bits per heavy atom. The van der Waals surface area contributed by atoms with E-state index in [2.05, 4.69) is 12.9 Å². The van der Waals surface area contributed by atoms with Gasteiger partial charge in [-0.25, -0.2) is 9.08 Å². The van der Waals surface area contributed by atoms with E-state index in [0.29, 0.717) is 26.1 Å². The molecule has 3 saturated heterocycles. The van der Waals surface area contributed by atoms with Crippen molar-refractivity contribution < 1.29 is 13.9 Å². The van der Waals surface area contributed by atoms with Gasteiger partial charge in [0.25, 0.3) is 0 Å². The number of nitrogens with zero attached hydrogens (tertiary/aromatic N) is 3. The topological polar surface area (TPSA) is 79.1 Å². The summed E-state index contributed by atoms with van der Waals surface area (Å²) in [5.41, 5.74) is 5.83. The minimum Gasteiger partial charge on any atom is -0.339 e. The van der Waals surface area contributed by atoms with E-state index in [1.807, 2.05) is 0 Å². The van der Waals surface area contributed by atoms with E-state index >= 15 is 0 Å². The molecule has 0 radical (unpaired) electrons. The van der Waals surface area contributed by atoms with Crippen molar-refractivity contribution in [1.82, 2.24) is 14.9 Å². The SMILES string of the molecule is N[C@@H]1CCN(C(=O)[C@@H]2CC[C@@H]3CN2C(=O)N3OS)C1. The number of hydrogen-bond donors (Lipinski definition) is 2. The molecule has 3 rings (SSSR count). The number of carbonyl (C=O) groups is 2. The molecule has 3 fully saturated rings. The molecule has 7 nitrogen and oxygen atoms in total. The molecule has 3 heterocycles. The first-order valence-electron chi connectivity index (χ1n) is 6.57. The molecule has 0 spiro atoms. The summed E-state index contributed by atoms with van der Waals surface area (Å²) in [4.78, 5) is 27.9. The number of amides is 3. The van der Waals surface area contributed by atoms with Gasteiger partial charge in [0.1, 0.15) is 6.04 Å². The Kier molecular flexibility index (Phi) is 3.32. The molecule has 3 aliphatic heterocycles. The van der Waals surface area contributed by atoms with Crippen LogP contribution in [0.4, 0.5) is 4.79 Å². The van der Waals surface area contributed by atoms with E-state index in [1.165, 1.54) is 5.06 Å². The van der Waals surface area contributed by atoms with Gasteiger partial charge in [-0.15, -0.1) is 0 Å². The second kappa shape index (κ2) is 4.84.